The number of pyridine rings is 1. The molecule has 5 nitrogen and oxygen atoms in total. The molecule has 0 fully saturated rings. The van der Waals surface area contributed by atoms with E-state index in [9.17, 15) is 4.79 Å². The van der Waals surface area contributed by atoms with Crippen LogP contribution in [0.4, 0.5) is 5.13 Å². The van der Waals surface area contributed by atoms with Crippen LogP contribution in [0.15, 0.2) is 91.0 Å². The van der Waals surface area contributed by atoms with Crippen LogP contribution in [-0.2, 0) is 0 Å². The second kappa shape index (κ2) is 7.85. The summed E-state index contributed by atoms with van der Waals surface area (Å²) in [6.07, 6.45) is 0. The predicted octanol–water partition coefficient (Wildman–Crippen LogP) is 5.67. The lowest BCUT2D eigenvalue weighted by Gasteiger charge is -2.09. The molecule has 0 atom stereocenters. The molecule has 144 valence electrons. The number of fused-ring (bicyclic) bond motifs is 1. The molecule has 0 radical (unpaired) electrons. The molecule has 1 N–H and O–H groups in total. The second-order valence-electron chi connectivity index (χ2n) is 6.67. The monoisotopic (exact) mass is 408 g/mol. The summed E-state index contributed by atoms with van der Waals surface area (Å²) in [6.45, 7) is 0. The lowest BCUT2D eigenvalue weighted by molar-refractivity contribution is 0.102. The molecule has 0 aliphatic heterocycles. The van der Waals surface area contributed by atoms with E-state index in [4.69, 9.17) is 4.98 Å². The number of para-hydroxylation sites is 1. The molecule has 5 aromatic rings. The first-order valence-electron chi connectivity index (χ1n) is 9.43. The van der Waals surface area contributed by atoms with Gasteiger partial charge in [-0.15, -0.1) is 10.2 Å². The molecule has 0 aliphatic rings. The van der Waals surface area contributed by atoms with Crippen molar-refractivity contribution in [2.24, 2.45) is 0 Å². The lowest BCUT2D eigenvalue weighted by Crippen LogP contribution is -2.13. The number of rotatable bonds is 4. The molecular weight excluding hydrogens is 392 g/mol. The molecule has 5 rings (SSSR count). The standard InChI is InChI=1S/C24H16N4OS/c29-22(26-24-28-27-23(30-24)17-11-5-2-6-12-17)19-15-21(16-9-3-1-4-10-16)25-20-14-8-7-13-18(19)20/h1-15H,(H,26,28,29). The maximum Gasteiger partial charge on any atom is 0.258 e. The van der Waals surface area contributed by atoms with Gasteiger partial charge in [-0.3, -0.25) is 10.1 Å². The zero-order chi connectivity index (χ0) is 20.3. The first-order valence-corrected chi connectivity index (χ1v) is 10.2. The number of amides is 1. The van der Waals surface area contributed by atoms with Crippen LogP contribution in [0.5, 0.6) is 0 Å². The maximum absolute atomic E-state index is 13.2. The number of aromatic nitrogens is 3. The zero-order valence-electron chi connectivity index (χ0n) is 15.8. The summed E-state index contributed by atoms with van der Waals surface area (Å²) in [5, 5.41) is 13.3. The molecule has 3 aromatic carbocycles. The number of nitrogens with zero attached hydrogens (tertiary/aromatic N) is 3. The van der Waals surface area contributed by atoms with E-state index in [1.807, 2.05) is 91.0 Å². The van der Waals surface area contributed by atoms with Crippen molar-refractivity contribution in [3.05, 3.63) is 96.6 Å². The summed E-state index contributed by atoms with van der Waals surface area (Å²) in [5.41, 5.74) is 4.00. The molecule has 0 unspecified atom stereocenters. The Morgan fingerprint density at radius 2 is 1.43 bits per heavy atom. The molecule has 0 spiro atoms. The van der Waals surface area contributed by atoms with Crippen LogP contribution in [0, 0.1) is 0 Å². The van der Waals surface area contributed by atoms with Gasteiger partial charge in [0.05, 0.1) is 16.8 Å². The Morgan fingerprint density at radius 1 is 0.767 bits per heavy atom. The minimum absolute atomic E-state index is 0.235. The minimum Gasteiger partial charge on any atom is -0.296 e. The summed E-state index contributed by atoms with van der Waals surface area (Å²) >= 11 is 1.35. The van der Waals surface area contributed by atoms with Gasteiger partial charge in [-0.05, 0) is 12.1 Å². The van der Waals surface area contributed by atoms with Gasteiger partial charge in [-0.25, -0.2) is 4.98 Å². The molecule has 0 saturated carbocycles. The normalized spacial score (nSPS) is 10.8. The highest BCUT2D eigenvalue weighted by Gasteiger charge is 2.16. The highest BCUT2D eigenvalue weighted by molar-refractivity contribution is 7.18. The van der Waals surface area contributed by atoms with Crippen molar-refractivity contribution >= 4 is 33.3 Å². The number of benzene rings is 3. The fourth-order valence-electron chi connectivity index (χ4n) is 3.26. The maximum atomic E-state index is 13.2. The predicted molar refractivity (Wildman–Crippen MR) is 120 cm³/mol. The van der Waals surface area contributed by atoms with Gasteiger partial charge in [0.2, 0.25) is 5.13 Å². The number of nitrogens with one attached hydrogen (secondary N) is 1. The first kappa shape index (κ1) is 18.1. The third-order valence-corrected chi connectivity index (χ3v) is 5.58. The van der Waals surface area contributed by atoms with E-state index < -0.39 is 0 Å². The number of carbonyl (C=O) groups excluding carboxylic acids is 1. The summed E-state index contributed by atoms with van der Waals surface area (Å²) in [6, 6.07) is 29.1. The summed E-state index contributed by atoms with van der Waals surface area (Å²) in [5.74, 6) is -0.235. The van der Waals surface area contributed by atoms with Gasteiger partial charge in [0.25, 0.3) is 5.91 Å². The fraction of sp³-hybridized carbons (Fsp3) is 0. The summed E-state index contributed by atoms with van der Waals surface area (Å²) in [7, 11) is 0. The molecule has 0 bridgehead atoms. The Kier molecular flexibility index (Phi) is 4.75. The number of hydrogen-bond acceptors (Lipinski definition) is 5. The first-order chi connectivity index (χ1) is 14.8. The third-order valence-electron chi connectivity index (χ3n) is 4.70. The highest BCUT2D eigenvalue weighted by atomic mass is 32.1. The van der Waals surface area contributed by atoms with Crippen LogP contribution in [0.25, 0.3) is 32.7 Å². The molecular formula is C24H16N4OS. The lowest BCUT2D eigenvalue weighted by atomic mass is 10.0. The summed E-state index contributed by atoms with van der Waals surface area (Å²) in [4.78, 5) is 17.9. The van der Waals surface area contributed by atoms with Crippen molar-refractivity contribution < 1.29 is 4.79 Å². The number of carbonyl (C=O) groups is 1. The van der Waals surface area contributed by atoms with E-state index in [1.54, 1.807) is 0 Å². The molecule has 2 aromatic heterocycles. The number of anilines is 1. The molecule has 30 heavy (non-hydrogen) atoms. The summed E-state index contributed by atoms with van der Waals surface area (Å²) < 4.78 is 0. The van der Waals surface area contributed by atoms with E-state index in [-0.39, 0.29) is 5.91 Å². The topological polar surface area (TPSA) is 67.8 Å². The number of hydrogen-bond donors (Lipinski definition) is 1. The van der Waals surface area contributed by atoms with E-state index in [2.05, 4.69) is 15.5 Å². The second-order valence-corrected chi connectivity index (χ2v) is 7.65. The van der Waals surface area contributed by atoms with E-state index in [0.29, 0.717) is 10.7 Å². The van der Waals surface area contributed by atoms with E-state index in [1.165, 1.54) is 11.3 Å². The van der Waals surface area contributed by atoms with Crippen LogP contribution in [0.1, 0.15) is 10.4 Å². The largest absolute Gasteiger partial charge is 0.296 e. The van der Waals surface area contributed by atoms with Crippen molar-refractivity contribution in [3.8, 4) is 21.8 Å². The molecule has 6 heteroatoms. The minimum atomic E-state index is -0.235. The highest BCUT2D eigenvalue weighted by Crippen LogP contribution is 2.28. The van der Waals surface area contributed by atoms with Crippen LogP contribution in [0.3, 0.4) is 0 Å². The van der Waals surface area contributed by atoms with Crippen molar-refractivity contribution in [3.63, 3.8) is 0 Å². The Hall–Kier alpha value is -3.90. The van der Waals surface area contributed by atoms with Crippen LogP contribution in [-0.4, -0.2) is 21.1 Å². The van der Waals surface area contributed by atoms with Crippen LogP contribution in [0.2, 0.25) is 0 Å². The van der Waals surface area contributed by atoms with Gasteiger partial charge in [0, 0.05) is 16.5 Å². The van der Waals surface area contributed by atoms with Crippen LogP contribution >= 0.6 is 11.3 Å². The molecule has 1 amide bonds. The van der Waals surface area contributed by atoms with Gasteiger partial charge in [-0.1, -0.05) is 90.2 Å². The zero-order valence-corrected chi connectivity index (χ0v) is 16.6. The Morgan fingerprint density at radius 3 is 2.20 bits per heavy atom. The Bertz CT molecular complexity index is 1330. The van der Waals surface area contributed by atoms with Crippen molar-refractivity contribution in [2.75, 3.05) is 5.32 Å². The third kappa shape index (κ3) is 3.56. The Balaban J connectivity index is 1.51. The average molecular weight is 408 g/mol. The Labute approximate surface area is 177 Å². The van der Waals surface area contributed by atoms with E-state index in [0.717, 1.165) is 32.7 Å². The molecule has 0 aliphatic carbocycles. The van der Waals surface area contributed by atoms with Gasteiger partial charge in [0.15, 0.2) is 0 Å². The smallest absolute Gasteiger partial charge is 0.258 e. The van der Waals surface area contributed by atoms with Crippen molar-refractivity contribution in [2.45, 2.75) is 0 Å². The van der Waals surface area contributed by atoms with Gasteiger partial charge < -0.3 is 0 Å². The van der Waals surface area contributed by atoms with Crippen molar-refractivity contribution in [1.29, 1.82) is 0 Å². The van der Waals surface area contributed by atoms with Crippen molar-refractivity contribution in [1.82, 2.24) is 15.2 Å². The average Bonchev–Trinajstić information content (AvgIpc) is 3.28. The fourth-order valence-corrected chi connectivity index (χ4v) is 4.00. The SMILES string of the molecule is O=C(Nc1nnc(-c2ccccc2)s1)c1cc(-c2ccccc2)nc2ccccc12. The van der Waals surface area contributed by atoms with Gasteiger partial charge >= 0.3 is 0 Å². The quantitative estimate of drug-likeness (QED) is 0.416. The molecule has 0 saturated heterocycles. The van der Waals surface area contributed by atoms with Gasteiger partial charge in [-0.2, -0.15) is 0 Å². The van der Waals surface area contributed by atoms with Gasteiger partial charge in [0.1, 0.15) is 5.01 Å². The van der Waals surface area contributed by atoms with Crippen LogP contribution < -0.4 is 5.32 Å². The van der Waals surface area contributed by atoms with E-state index >= 15 is 0 Å². The molecule has 2 heterocycles.